The van der Waals surface area contributed by atoms with Gasteiger partial charge in [-0.25, -0.2) is 0 Å². The first kappa shape index (κ1) is 16.7. The molecule has 5 heteroatoms. The molecule has 122 valence electrons. The Labute approximate surface area is 129 Å². The van der Waals surface area contributed by atoms with Gasteiger partial charge in [0.15, 0.2) is 0 Å². The first-order chi connectivity index (χ1) is 10.1. The molecule has 0 bridgehead atoms. The highest BCUT2D eigenvalue weighted by Crippen LogP contribution is 2.23. The maximum Gasteiger partial charge on any atom is 0.219 e. The second-order valence-electron chi connectivity index (χ2n) is 6.55. The molecule has 21 heavy (non-hydrogen) atoms. The number of hydrogen-bond acceptors (Lipinski definition) is 4. The van der Waals surface area contributed by atoms with E-state index in [0.717, 1.165) is 58.1 Å². The zero-order chi connectivity index (χ0) is 15.2. The fourth-order valence-corrected chi connectivity index (χ4v) is 3.72. The number of nitrogens with zero attached hydrogens (tertiary/aromatic N) is 3. The number of rotatable bonds is 5. The molecule has 2 rings (SSSR count). The van der Waals surface area contributed by atoms with Gasteiger partial charge in [-0.05, 0) is 18.8 Å². The SMILES string of the molecule is COCCCN1C[C@@H](C)[C@H](N2CCCN(C(C)=O)CC2)C1. The van der Waals surface area contributed by atoms with Crippen LogP contribution in [0.2, 0.25) is 0 Å². The molecule has 0 saturated carbocycles. The maximum absolute atomic E-state index is 11.5. The van der Waals surface area contributed by atoms with Crippen molar-refractivity contribution in [1.29, 1.82) is 0 Å². The number of ether oxygens (including phenoxy) is 1. The van der Waals surface area contributed by atoms with Crippen molar-refractivity contribution >= 4 is 5.91 Å². The lowest BCUT2D eigenvalue weighted by molar-refractivity contribution is -0.128. The number of amides is 1. The van der Waals surface area contributed by atoms with Crippen LogP contribution in [0.25, 0.3) is 0 Å². The summed E-state index contributed by atoms with van der Waals surface area (Å²) < 4.78 is 5.15. The average molecular weight is 297 g/mol. The first-order valence-electron chi connectivity index (χ1n) is 8.32. The van der Waals surface area contributed by atoms with Crippen molar-refractivity contribution in [2.75, 3.05) is 59.5 Å². The van der Waals surface area contributed by atoms with Crippen molar-refractivity contribution in [2.45, 2.75) is 32.7 Å². The Morgan fingerprint density at radius 3 is 2.71 bits per heavy atom. The minimum absolute atomic E-state index is 0.220. The molecule has 0 aromatic carbocycles. The Balaban J connectivity index is 1.82. The second kappa shape index (κ2) is 8.11. The third-order valence-corrected chi connectivity index (χ3v) is 4.92. The lowest BCUT2D eigenvalue weighted by Gasteiger charge is -2.30. The second-order valence-corrected chi connectivity index (χ2v) is 6.55. The average Bonchev–Trinajstić information content (AvgIpc) is 2.67. The van der Waals surface area contributed by atoms with E-state index in [2.05, 4.69) is 16.7 Å². The van der Waals surface area contributed by atoms with Crippen molar-refractivity contribution in [3.05, 3.63) is 0 Å². The third-order valence-electron chi connectivity index (χ3n) is 4.92. The van der Waals surface area contributed by atoms with Crippen LogP contribution in [0.1, 0.15) is 26.7 Å². The predicted molar refractivity (Wildman–Crippen MR) is 84.3 cm³/mol. The van der Waals surface area contributed by atoms with Gasteiger partial charge in [-0.2, -0.15) is 0 Å². The Morgan fingerprint density at radius 2 is 2.00 bits per heavy atom. The van der Waals surface area contributed by atoms with Gasteiger partial charge in [0.1, 0.15) is 0 Å². The van der Waals surface area contributed by atoms with Crippen LogP contribution in [-0.4, -0.2) is 86.2 Å². The zero-order valence-electron chi connectivity index (χ0n) is 13.9. The fourth-order valence-electron chi connectivity index (χ4n) is 3.72. The lowest BCUT2D eigenvalue weighted by Crippen LogP contribution is -2.43. The molecule has 5 nitrogen and oxygen atoms in total. The molecule has 0 spiro atoms. The molecule has 0 unspecified atom stereocenters. The van der Waals surface area contributed by atoms with Crippen LogP contribution in [0.15, 0.2) is 0 Å². The van der Waals surface area contributed by atoms with Crippen molar-refractivity contribution in [2.24, 2.45) is 5.92 Å². The highest BCUT2D eigenvalue weighted by atomic mass is 16.5. The zero-order valence-corrected chi connectivity index (χ0v) is 13.9. The third kappa shape index (κ3) is 4.66. The molecule has 0 aromatic rings. The van der Waals surface area contributed by atoms with E-state index in [-0.39, 0.29) is 5.91 Å². The molecule has 2 heterocycles. The van der Waals surface area contributed by atoms with Crippen LogP contribution in [0.3, 0.4) is 0 Å². The van der Waals surface area contributed by atoms with E-state index in [1.165, 1.54) is 13.1 Å². The summed E-state index contributed by atoms with van der Waals surface area (Å²) >= 11 is 0. The van der Waals surface area contributed by atoms with Gasteiger partial charge in [0.25, 0.3) is 0 Å². The molecule has 2 fully saturated rings. The summed E-state index contributed by atoms with van der Waals surface area (Å²) in [5.41, 5.74) is 0. The molecule has 2 saturated heterocycles. The molecule has 0 aromatic heterocycles. The molecule has 0 N–H and O–H groups in total. The highest BCUT2D eigenvalue weighted by Gasteiger charge is 2.34. The molecule has 0 aliphatic carbocycles. The fraction of sp³-hybridized carbons (Fsp3) is 0.938. The molecular weight excluding hydrogens is 266 g/mol. The molecular formula is C16H31N3O2. The predicted octanol–water partition coefficient (Wildman–Crippen LogP) is 0.897. The van der Waals surface area contributed by atoms with Gasteiger partial charge in [-0.1, -0.05) is 6.92 Å². The van der Waals surface area contributed by atoms with E-state index in [0.29, 0.717) is 6.04 Å². The lowest BCUT2D eigenvalue weighted by atomic mass is 10.0. The Bertz CT molecular complexity index is 337. The van der Waals surface area contributed by atoms with Crippen LogP contribution in [0.5, 0.6) is 0 Å². The summed E-state index contributed by atoms with van der Waals surface area (Å²) in [6, 6.07) is 0.652. The molecule has 2 atom stereocenters. The van der Waals surface area contributed by atoms with Crippen molar-refractivity contribution in [3.8, 4) is 0 Å². The van der Waals surface area contributed by atoms with Crippen LogP contribution in [-0.2, 0) is 9.53 Å². The summed E-state index contributed by atoms with van der Waals surface area (Å²) in [6.45, 7) is 12.4. The maximum atomic E-state index is 11.5. The van der Waals surface area contributed by atoms with Crippen molar-refractivity contribution < 1.29 is 9.53 Å². The molecule has 2 aliphatic rings. The number of hydrogen-bond donors (Lipinski definition) is 0. The van der Waals surface area contributed by atoms with Gasteiger partial charge in [0.2, 0.25) is 5.91 Å². The van der Waals surface area contributed by atoms with E-state index < -0.39 is 0 Å². The standard InChI is InChI=1S/C16H31N3O2/c1-14-12-17(6-5-11-21-3)13-16(14)19-8-4-7-18(9-10-19)15(2)20/h14,16H,4-13H2,1-3H3/t14-,16-/m1/s1. The van der Waals surface area contributed by atoms with Gasteiger partial charge in [-0.3, -0.25) is 9.69 Å². The molecule has 1 amide bonds. The minimum Gasteiger partial charge on any atom is -0.385 e. The molecule has 2 aliphatic heterocycles. The quantitative estimate of drug-likeness (QED) is 0.706. The summed E-state index contributed by atoms with van der Waals surface area (Å²) in [6.07, 6.45) is 2.22. The van der Waals surface area contributed by atoms with Gasteiger partial charge in [-0.15, -0.1) is 0 Å². The topological polar surface area (TPSA) is 36.0 Å². The summed E-state index contributed by atoms with van der Waals surface area (Å²) in [4.78, 5) is 18.7. The highest BCUT2D eigenvalue weighted by molar-refractivity contribution is 5.73. The van der Waals surface area contributed by atoms with E-state index >= 15 is 0 Å². The van der Waals surface area contributed by atoms with Gasteiger partial charge in [0, 0.05) is 72.5 Å². The molecule has 0 radical (unpaired) electrons. The van der Waals surface area contributed by atoms with Crippen LogP contribution in [0, 0.1) is 5.92 Å². The van der Waals surface area contributed by atoms with Gasteiger partial charge < -0.3 is 14.5 Å². The van der Waals surface area contributed by atoms with E-state index in [9.17, 15) is 4.79 Å². The van der Waals surface area contributed by atoms with E-state index in [4.69, 9.17) is 4.74 Å². The largest absolute Gasteiger partial charge is 0.385 e. The van der Waals surface area contributed by atoms with Crippen LogP contribution in [0.4, 0.5) is 0 Å². The number of methoxy groups -OCH3 is 1. The smallest absolute Gasteiger partial charge is 0.219 e. The summed E-state index contributed by atoms with van der Waals surface area (Å²) in [5, 5.41) is 0. The van der Waals surface area contributed by atoms with Crippen LogP contribution >= 0.6 is 0 Å². The minimum atomic E-state index is 0.220. The van der Waals surface area contributed by atoms with E-state index in [1.54, 1.807) is 14.0 Å². The Kier molecular flexibility index (Phi) is 6.45. The number of carbonyl (C=O) groups is 1. The monoisotopic (exact) mass is 297 g/mol. The Morgan fingerprint density at radius 1 is 1.19 bits per heavy atom. The summed E-state index contributed by atoms with van der Waals surface area (Å²) in [5.74, 6) is 0.939. The Hall–Kier alpha value is -0.650. The van der Waals surface area contributed by atoms with Gasteiger partial charge >= 0.3 is 0 Å². The number of carbonyl (C=O) groups excluding carboxylic acids is 1. The van der Waals surface area contributed by atoms with Crippen molar-refractivity contribution in [3.63, 3.8) is 0 Å². The normalized spacial score (nSPS) is 28.8. The van der Waals surface area contributed by atoms with Crippen LogP contribution < -0.4 is 0 Å². The number of likely N-dealkylation sites (tertiary alicyclic amines) is 1. The van der Waals surface area contributed by atoms with E-state index in [1.807, 2.05) is 4.90 Å². The summed E-state index contributed by atoms with van der Waals surface area (Å²) in [7, 11) is 1.77. The van der Waals surface area contributed by atoms with Crippen molar-refractivity contribution in [1.82, 2.24) is 14.7 Å². The first-order valence-corrected chi connectivity index (χ1v) is 8.32. The van der Waals surface area contributed by atoms with Gasteiger partial charge in [0.05, 0.1) is 0 Å².